The first-order valence-electron chi connectivity index (χ1n) is 12.6. The first-order chi connectivity index (χ1) is 18.3. The Balaban J connectivity index is 1.97. The predicted octanol–water partition coefficient (Wildman–Crippen LogP) is 4.22. The van der Waals surface area contributed by atoms with E-state index in [2.05, 4.69) is 5.32 Å². The van der Waals surface area contributed by atoms with Crippen molar-refractivity contribution >= 4 is 27.5 Å². The Kier molecular flexibility index (Phi) is 10.3. The van der Waals surface area contributed by atoms with Crippen molar-refractivity contribution in [3.05, 3.63) is 90.5 Å². The number of ether oxygens (including phenoxy) is 1. The predicted molar refractivity (Wildman–Crippen MR) is 148 cm³/mol. The van der Waals surface area contributed by atoms with Crippen molar-refractivity contribution in [2.24, 2.45) is 0 Å². The minimum atomic E-state index is -4.09. The summed E-state index contributed by atoms with van der Waals surface area (Å²) in [7, 11) is -2.57. The maximum Gasteiger partial charge on any atom is 0.264 e. The Morgan fingerprint density at radius 2 is 1.53 bits per heavy atom. The zero-order valence-corrected chi connectivity index (χ0v) is 22.9. The fraction of sp³-hybridized carbons (Fsp3) is 0.310. The molecule has 0 heterocycles. The fourth-order valence-electron chi connectivity index (χ4n) is 3.90. The second-order valence-electron chi connectivity index (χ2n) is 8.85. The van der Waals surface area contributed by atoms with Crippen molar-refractivity contribution in [3.8, 4) is 5.75 Å². The van der Waals surface area contributed by atoms with Gasteiger partial charge in [-0.05, 0) is 55.3 Å². The molecule has 0 radical (unpaired) electrons. The third-order valence-corrected chi connectivity index (χ3v) is 7.95. The van der Waals surface area contributed by atoms with E-state index in [4.69, 9.17) is 4.74 Å². The van der Waals surface area contributed by atoms with Crippen molar-refractivity contribution in [1.82, 2.24) is 10.2 Å². The number of nitrogens with one attached hydrogen (secondary N) is 1. The second-order valence-corrected chi connectivity index (χ2v) is 10.7. The molecule has 1 atom stereocenters. The highest BCUT2D eigenvalue weighted by Gasteiger charge is 2.32. The number of unbranched alkanes of at least 4 members (excludes halogenated alkanes) is 1. The van der Waals surface area contributed by atoms with Crippen LogP contribution in [0.15, 0.2) is 89.8 Å². The quantitative estimate of drug-likeness (QED) is 0.329. The van der Waals surface area contributed by atoms with Crippen molar-refractivity contribution in [2.75, 3.05) is 24.5 Å². The lowest BCUT2D eigenvalue weighted by molar-refractivity contribution is -0.139. The zero-order valence-electron chi connectivity index (χ0n) is 22.0. The largest absolute Gasteiger partial charge is 0.497 e. The molecule has 0 bridgehead atoms. The van der Waals surface area contributed by atoms with Gasteiger partial charge < -0.3 is 15.0 Å². The van der Waals surface area contributed by atoms with E-state index in [-0.39, 0.29) is 17.3 Å². The molecule has 1 N–H and O–H groups in total. The molecule has 0 saturated heterocycles. The zero-order chi connectivity index (χ0) is 27.5. The van der Waals surface area contributed by atoms with Crippen molar-refractivity contribution < 1.29 is 22.7 Å². The molecule has 0 aliphatic rings. The van der Waals surface area contributed by atoms with Gasteiger partial charge in [0.1, 0.15) is 18.3 Å². The van der Waals surface area contributed by atoms with Gasteiger partial charge in [-0.15, -0.1) is 0 Å². The first-order valence-corrected chi connectivity index (χ1v) is 14.0. The Morgan fingerprint density at radius 1 is 0.921 bits per heavy atom. The molecule has 1 unspecified atom stereocenters. The summed E-state index contributed by atoms with van der Waals surface area (Å²) in [5, 5.41) is 2.88. The normalized spacial score (nSPS) is 11.9. The highest BCUT2D eigenvalue weighted by Crippen LogP contribution is 2.26. The maximum atomic E-state index is 13.8. The molecule has 0 aliphatic heterocycles. The van der Waals surface area contributed by atoms with E-state index < -0.39 is 28.5 Å². The standard InChI is InChI=1S/C29H35N3O5S/c1-4-5-20-30-29(34)23(2)31(21-24-12-8-6-9-13-24)28(33)22-32(25-16-18-26(37-3)19-17-25)38(35,36)27-14-10-7-11-15-27/h6-19,23H,4-5,20-22H2,1-3H3,(H,30,34). The molecule has 0 saturated carbocycles. The van der Waals surface area contributed by atoms with E-state index >= 15 is 0 Å². The minimum Gasteiger partial charge on any atom is -0.497 e. The molecule has 202 valence electrons. The molecule has 0 aromatic heterocycles. The van der Waals surface area contributed by atoms with Gasteiger partial charge >= 0.3 is 0 Å². The van der Waals surface area contributed by atoms with Crippen LogP contribution in [0.1, 0.15) is 32.3 Å². The third kappa shape index (κ3) is 7.35. The van der Waals surface area contributed by atoms with Gasteiger partial charge in [-0.25, -0.2) is 8.42 Å². The number of amides is 2. The molecule has 38 heavy (non-hydrogen) atoms. The van der Waals surface area contributed by atoms with Gasteiger partial charge in [0.25, 0.3) is 10.0 Å². The number of anilines is 1. The number of sulfonamides is 1. The molecule has 9 heteroatoms. The highest BCUT2D eigenvalue weighted by atomic mass is 32.2. The smallest absolute Gasteiger partial charge is 0.264 e. The van der Waals surface area contributed by atoms with Crippen molar-refractivity contribution in [3.63, 3.8) is 0 Å². The van der Waals surface area contributed by atoms with Crippen LogP contribution in [0.5, 0.6) is 5.75 Å². The summed E-state index contributed by atoms with van der Waals surface area (Å²) in [5.41, 5.74) is 1.14. The monoisotopic (exact) mass is 537 g/mol. The summed E-state index contributed by atoms with van der Waals surface area (Å²) in [5.74, 6) is -0.229. The van der Waals surface area contributed by atoms with E-state index in [1.165, 1.54) is 24.1 Å². The summed E-state index contributed by atoms with van der Waals surface area (Å²) in [6.07, 6.45) is 1.75. The van der Waals surface area contributed by atoms with Gasteiger partial charge in [-0.2, -0.15) is 0 Å². The molecular weight excluding hydrogens is 502 g/mol. The Bertz CT molecular complexity index is 1280. The van der Waals surface area contributed by atoms with Crippen LogP contribution in [0.4, 0.5) is 5.69 Å². The third-order valence-electron chi connectivity index (χ3n) is 6.16. The molecule has 3 rings (SSSR count). The maximum absolute atomic E-state index is 13.8. The Hall–Kier alpha value is -3.85. The number of hydrogen-bond acceptors (Lipinski definition) is 5. The van der Waals surface area contributed by atoms with Crippen LogP contribution in [-0.4, -0.2) is 51.4 Å². The Morgan fingerprint density at radius 3 is 2.11 bits per heavy atom. The summed E-state index contributed by atoms with van der Waals surface area (Å²) >= 11 is 0. The number of nitrogens with zero attached hydrogens (tertiary/aromatic N) is 2. The first kappa shape index (κ1) is 28.7. The average Bonchev–Trinajstić information content (AvgIpc) is 2.95. The highest BCUT2D eigenvalue weighted by molar-refractivity contribution is 7.92. The van der Waals surface area contributed by atoms with E-state index in [9.17, 15) is 18.0 Å². The van der Waals surface area contributed by atoms with E-state index in [0.717, 1.165) is 22.7 Å². The molecule has 3 aromatic rings. The molecular formula is C29H35N3O5S. The molecule has 2 amide bonds. The summed E-state index contributed by atoms with van der Waals surface area (Å²) in [6, 6.07) is 22.9. The number of hydrogen-bond donors (Lipinski definition) is 1. The van der Waals surface area contributed by atoms with Crippen LogP contribution in [0, 0.1) is 0 Å². The van der Waals surface area contributed by atoms with Crippen LogP contribution >= 0.6 is 0 Å². The number of rotatable bonds is 13. The van der Waals surface area contributed by atoms with Crippen LogP contribution < -0.4 is 14.4 Å². The molecule has 0 fully saturated rings. The number of methoxy groups -OCH3 is 1. The lowest BCUT2D eigenvalue weighted by Crippen LogP contribution is -2.51. The number of carbonyl (C=O) groups is 2. The van der Waals surface area contributed by atoms with Crippen LogP contribution in [0.2, 0.25) is 0 Å². The Labute approximate surface area is 225 Å². The molecule has 3 aromatic carbocycles. The minimum absolute atomic E-state index is 0.0589. The van der Waals surface area contributed by atoms with Gasteiger partial charge in [-0.3, -0.25) is 13.9 Å². The van der Waals surface area contributed by atoms with Gasteiger partial charge in [0.2, 0.25) is 11.8 Å². The van der Waals surface area contributed by atoms with Crippen LogP contribution in [-0.2, 0) is 26.2 Å². The topological polar surface area (TPSA) is 96.0 Å². The lowest BCUT2D eigenvalue weighted by atomic mass is 10.1. The van der Waals surface area contributed by atoms with Crippen LogP contribution in [0.3, 0.4) is 0 Å². The SMILES string of the molecule is CCCCNC(=O)C(C)N(Cc1ccccc1)C(=O)CN(c1ccc(OC)cc1)S(=O)(=O)c1ccccc1. The molecule has 0 aliphatic carbocycles. The van der Waals surface area contributed by atoms with Gasteiger partial charge in [0.05, 0.1) is 17.7 Å². The molecule has 0 spiro atoms. The van der Waals surface area contributed by atoms with Crippen molar-refractivity contribution in [2.45, 2.75) is 44.2 Å². The van der Waals surface area contributed by atoms with E-state index in [0.29, 0.717) is 18.0 Å². The lowest BCUT2D eigenvalue weighted by Gasteiger charge is -2.32. The molecule has 8 nitrogen and oxygen atoms in total. The van der Waals surface area contributed by atoms with Gasteiger partial charge in [-0.1, -0.05) is 61.9 Å². The second kappa shape index (κ2) is 13.6. The van der Waals surface area contributed by atoms with Gasteiger partial charge in [0.15, 0.2) is 0 Å². The number of carbonyl (C=O) groups excluding carboxylic acids is 2. The van der Waals surface area contributed by atoms with E-state index in [1.807, 2.05) is 37.3 Å². The number of benzene rings is 3. The summed E-state index contributed by atoms with van der Waals surface area (Å²) < 4.78 is 33.7. The summed E-state index contributed by atoms with van der Waals surface area (Å²) in [4.78, 5) is 28.3. The average molecular weight is 538 g/mol. The van der Waals surface area contributed by atoms with E-state index in [1.54, 1.807) is 49.4 Å². The fourth-order valence-corrected chi connectivity index (χ4v) is 5.33. The summed E-state index contributed by atoms with van der Waals surface area (Å²) in [6.45, 7) is 3.87. The van der Waals surface area contributed by atoms with Gasteiger partial charge in [0, 0.05) is 13.1 Å². The van der Waals surface area contributed by atoms with Crippen LogP contribution in [0.25, 0.3) is 0 Å². The van der Waals surface area contributed by atoms with Crippen molar-refractivity contribution in [1.29, 1.82) is 0 Å².